The summed E-state index contributed by atoms with van der Waals surface area (Å²) in [6, 6.07) is 19.6. The molecule has 0 spiro atoms. The van der Waals surface area contributed by atoms with Gasteiger partial charge in [0.15, 0.2) is 0 Å². The number of ether oxygens (including phenoxy) is 1. The van der Waals surface area contributed by atoms with Crippen molar-refractivity contribution in [2.75, 3.05) is 27.2 Å². The molecule has 142 valence electrons. The summed E-state index contributed by atoms with van der Waals surface area (Å²) >= 11 is 0. The van der Waals surface area contributed by atoms with E-state index in [2.05, 4.69) is 87.4 Å². The van der Waals surface area contributed by atoms with Gasteiger partial charge in [0.2, 0.25) is 0 Å². The SMILES string of the molecule is CN(C)CC(C)(C)COc1c2c(cc3ccccc13)Cc1ccccc1-2.Cl. The van der Waals surface area contributed by atoms with Crippen LogP contribution in [0, 0.1) is 5.41 Å². The second kappa shape index (κ2) is 7.53. The topological polar surface area (TPSA) is 12.5 Å². The van der Waals surface area contributed by atoms with E-state index in [-0.39, 0.29) is 17.8 Å². The van der Waals surface area contributed by atoms with E-state index in [1.54, 1.807) is 0 Å². The van der Waals surface area contributed by atoms with Crippen LogP contribution in [-0.4, -0.2) is 32.1 Å². The number of fused-ring (bicyclic) bond motifs is 4. The molecular weight excluding hydrogens is 354 g/mol. The Morgan fingerprint density at radius 1 is 0.963 bits per heavy atom. The van der Waals surface area contributed by atoms with Crippen molar-refractivity contribution in [1.29, 1.82) is 0 Å². The van der Waals surface area contributed by atoms with Gasteiger partial charge >= 0.3 is 0 Å². The van der Waals surface area contributed by atoms with Crippen LogP contribution in [0.15, 0.2) is 54.6 Å². The molecule has 4 rings (SSSR count). The van der Waals surface area contributed by atoms with Crippen LogP contribution in [0.4, 0.5) is 0 Å². The molecule has 0 saturated heterocycles. The van der Waals surface area contributed by atoms with Crippen LogP contribution in [0.25, 0.3) is 21.9 Å². The number of nitrogens with zero attached hydrogens (tertiary/aromatic N) is 1. The lowest BCUT2D eigenvalue weighted by Gasteiger charge is -2.29. The molecule has 1 aliphatic carbocycles. The normalized spacial score (nSPS) is 12.6. The van der Waals surface area contributed by atoms with Gasteiger partial charge in [-0.05, 0) is 48.7 Å². The minimum atomic E-state index is 0. The summed E-state index contributed by atoms with van der Waals surface area (Å²) in [6.45, 7) is 6.24. The van der Waals surface area contributed by atoms with Gasteiger partial charge in [0.05, 0.1) is 6.61 Å². The van der Waals surface area contributed by atoms with Crippen LogP contribution < -0.4 is 4.74 Å². The van der Waals surface area contributed by atoms with Gasteiger partial charge in [-0.25, -0.2) is 0 Å². The molecule has 0 saturated carbocycles. The average Bonchev–Trinajstić information content (AvgIpc) is 2.95. The molecule has 27 heavy (non-hydrogen) atoms. The summed E-state index contributed by atoms with van der Waals surface area (Å²) in [5, 5.41) is 2.48. The van der Waals surface area contributed by atoms with E-state index >= 15 is 0 Å². The van der Waals surface area contributed by atoms with Crippen molar-refractivity contribution in [3.05, 3.63) is 65.7 Å². The molecular formula is C24H28ClNO. The summed E-state index contributed by atoms with van der Waals surface area (Å²) in [6.07, 6.45) is 0.994. The number of halogens is 1. The minimum Gasteiger partial charge on any atom is -0.492 e. The number of rotatable bonds is 5. The van der Waals surface area contributed by atoms with Gasteiger partial charge < -0.3 is 9.64 Å². The van der Waals surface area contributed by atoms with Crippen molar-refractivity contribution in [2.45, 2.75) is 20.3 Å². The third-order valence-corrected chi connectivity index (χ3v) is 5.10. The van der Waals surface area contributed by atoms with E-state index in [0.29, 0.717) is 6.61 Å². The molecule has 0 atom stereocenters. The Bertz CT molecular complexity index is 962. The Hall–Kier alpha value is -2.03. The van der Waals surface area contributed by atoms with E-state index in [0.717, 1.165) is 18.7 Å². The van der Waals surface area contributed by atoms with Gasteiger partial charge in [0, 0.05) is 22.9 Å². The highest BCUT2D eigenvalue weighted by molar-refractivity contribution is 5.99. The van der Waals surface area contributed by atoms with Crippen LogP contribution in [0.2, 0.25) is 0 Å². The molecule has 0 amide bonds. The van der Waals surface area contributed by atoms with E-state index in [1.807, 2.05) is 0 Å². The Morgan fingerprint density at radius 2 is 1.67 bits per heavy atom. The maximum absolute atomic E-state index is 6.56. The average molecular weight is 382 g/mol. The lowest BCUT2D eigenvalue weighted by Crippen LogP contribution is -2.33. The van der Waals surface area contributed by atoms with Gasteiger partial charge in [-0.15, -0.1) is 12.4 Å². The first-order chi connectivity index (χ1) is 12.4. The van der Waals surface area contributed by atoms with Gasteiger partial charge in [-0.1, -0.05) is 62.4 Å². The number of hydrogen-bond acceptors (Lipinski definition) is 2. The molecule has 0 unspecified atom stereocenters. The molecule has 0 radical (unpaired) electrons. The summed E-state index contributed by atoms with van der Waals surface area (Å²) in [5.74, 6) is 1.05. The second-order valence-electron chi connectivity index (χ2n) is 8.49. The second-order valence-corrected chi connectivity index (χ2v) is 8.49. The van der Waals surface area contributed by atoms with Gasteiger partial charge in [-0.2, -0.15) is 0 Å². The molecule has 0 aliphatic heterocycles. The standard InChI is InChI=1S/C24H27NO.ClH/c1-24(2,15-25(3)4)16-26-23-21-12-8-6-10-18(21)14-19-13-17-9-5-7-11-20(17)22(19)23;/h5-12,14H,13,15-16H2,1-4H3;1H. The smallest absolute Gasteiger partial charge is 0.135 e. The van der Waals surface area contributed by atoms with E-state index in [1.165, 1.54) is 33.0 Å². The van der Waals surface area contributed by atoms with Crippen LogP contribution in [0.5, 0.6) is 5.75 Å². The predicted octanol–water partition coefficient (Wildman–Crippen LogP) is 5.80. The first kappa shape index (κ1) is 19.7. The fraction of sp³-hybridized carbons (Fsp3) is 0.333. The minimum absolute atomic E-state index is 0. The molecule has 0 fully saturated rings. The predicted molar refractivity (Wildman–Crippen MR) is 117 cm³/mol. The first-order valence-electron chi connectivity index (χ1n) is 9.35. The van der Waals surface area contributed by atoms with Crippen LogP contribution in [0.1, 0.15) is 25.0 Å². The van der Waals surface area contributed by atoms with E-state index in [9.17, 15) is 0 Å². The van der Waals surface area contributed by atoms with Crippen molar-refractivity contribution >= 4 is 23.2 Å². The van der Waals surface area contributed by atoms with Crippen molar-refractivity contribution < 1.29 is 4.74 Å². The highest BCUT2D eigenvalue weighted by atomic mass is 35.5. The Morgan fingerprint density at radius 3 is 2.44 bits per heavy atom. The largest absolute Gasteiger partial charge is 0.492 e. The third kappa shape index (κ3) is 3.83. The van der Waals surface area contributed by atoms with Crippen molar-refractivity contribution in [1.82, 2.24) is 4.90 Å². The molecule has 0 bridgehead atoms. The highest BCUT2D eigenvalue weighted by Gasteiger charge is 2.26. The van der Waals surface area contributed by atoms with Crippen LogP contribution in [-0.2, 0) is 6.42 Å². The molecule has 0 N–H and O–H groups in total. The zero-order valence-electron chi connectivity index (χ0n) is 16.6. The zero-order chi connectivity index (χ0) is 18.3. The summed E-state index contributed by atoms with van der Waals surface area (Å²) in [4.78, 5) is 2.23. The van der Waals surface area contributed by atoms with Gasteiger partial charge in [-0.3, -0.25) is 0 Å². The number of hydrogen-bond donors (Lipinski definition) is 0. The quantitative estimate of drug-likeness (QED) is 0.433. The van der Waals surface area contributed by atoms with Crippen LogP contribution in [0.3, 0.4) is 0 Å². The monoisotopic (exact) mass is 381 g/mol. The number of benzene rings is 3. The maximum Gasteiger partial charge on any atom is 0.135 e. The van der Waals surface area contributed by atoms with Crippen molar-refractivity contribution in [3.8, 4) is 16.9 Å². The third-order valence-electron chi connectivity index (χ3n) is 5.10. The fourth-order valence-electron chi connectivity index (χ4n) is 4.25. The van der Waals surface area contributed by atoms with Crippen molar-refractivity contribution in [3.63, 3.8) is 0 Å². The van der Waals surface area contributed by atoms with Crippen LogP contribution >= 0.6 is 12.4 Å². The lowest BCUT2D eigenvalue weighted by molar-refractivity contribution is 0.143. The van der Waals surface area contributed by atoms with Crippen molar-refractivity contribution in [2.24, 2.45) is 5.41 Å². The highest BCUT2D eigenvalue weighted by Crippen LogP contribution is 2.46. The lowest BCUT2D eigenvalue weighted by atomic mass is 9.94. The first-order valence-corrected chi connectivity index (χ1v) is 9.35. The Kier molecular flexibility index (Phi) is 5.50. The Balaban J connectivity index is 0.00000210. The molecule has 2 nitrogen and oxygen atoms in total. The fourth-order valence-corrected chi connectivity index (χ4v) is 4.25. The van der Waals surface area contributed by atoms with E-state index < -0.39 is 0 Å². The van der Waals surface area contributed by atoms with Gasteiger partial charge in [0.25, 0.3) is 0 Å². The van der Waals surface area contributed by atoms with E-state index in [4.69, 9.17) is 4.74 Å². The maximum atomic E-state index is 6.56. The molecule has 0 aromatic heterocycles. The molecule has 1 aliphatic rings. The summed E-state index contributed by atoms with van der Waals surface area (Å²) < 4.78 is 6.56. The summed E-state index contributed by atoms with van der Waals surface area (Å²) in [5.41, 5.74) is 5.49. The summed E-state index contributed by atoms with van der Waals surface area (Å²) in [7, 11) is 4.24. The molecule has 3 aromatic carbocycles. The molecule has 3 heteroatoms. The Labute approximate surface area is 168 Å². The van der Waals surface area contributed by atoms with Gasteiger partial charge in [0.1, 0.15) is 5.75 Å². The molecule has 3 aromatic rings. The molecule has 0 heterocycles. The zero-order valence-corrected chi connectivity index (χ0v) is 17.4.